The molecule has 4 aromatic rings. The van der Waals surface area contributed by atoms with Crippen LogP contribution in [0.25, 0.3) is 39.2 Å². The fourth-order valence-electron chi connectivity index (χ4n) is 4.46. The van der Waals surface area contributed by atoms with Crippen LogP contribution in [0.5, 0.6) is 0 Å². The minimum absolute atomic E-state index is 0.690. The summed E-state index contributed by atoms with van der Waals surface area (Å²) in [6.07, 6.45) is 13.4. The predicted octanol–water partition coefficient (Wildman–Crippen LogP) is 4.92. The second-order valence-corrected chi connectivity index (χ2v) is 8.76. The number of hydrogen-bond donors (Lipinski definition) is 2. The minimum Gasteiger partial charge on any atom is -0.378 e. The van der Waals surface area contributed by atoms with Crippen molar-refractivity contribution in [1.29, 1.82) is 0 Å². The van der Waals surface area contributed by atoms with Gasteiger partial charge in [0.15, 0.2) is 11.5 Å². The summed E-state index contributed by atoms with van der Waals surface area (Å²) in [5.74, 6) is 0.690. The number of rotatable bonds is 6. The van der Waals surface area contributed by atoms with E-state index >= 15 is 0 Å². The van der Waals surface area contributed by atoms with Gasteiger partial charge < -0.3 is 14.8 Å². The molecule has 8 heteroatoms. The lowest BCUT2D eigenvalue weighted by atomic mass is 10.1. The van der Waals surface area contributed by atoms with Gasteiger partial charge in [0, 0.05) is 32.9 Å². The van der Waals surface area contributed by atoms with Gasteiger partial charge in [0.1, 0.15) is 11.0 Å². The van der Waals surface area contributed by atoms with E-state index in [1.807, 2.05) is 56.5 Å². The number of pyridine rings is 2. The SMILES string of the molecule is C=C/C(=C\C(=C/C)c1ccc2[nH]nc(-c3nc4c(N5CCCCC5)cncc4[nH]3)c2n1)N(C)C. The van der Waals surface area contributed by atoms with Crippen molar-refractivity contribution in [2.24, 2.45) is 0 Å². The van der Waals surface area contributed by atoms with E-state index in [9.17, 15) is 0 Å². The van der Waals surface area contributed by atoms with Crippen molar-refractivity contribution in [3.63, 3.8) is 0 Å². The molecule has 1 saturated heterocycles. The van der Waals surface area contributed by atoms with Crippen molar-refractivity contribution in [2.75, 3.05) is 32.1 Å². The molecule has 8 nitrogen and oxygen atoms in total. The first kappa shape index (κ1) is 21.9. The minimum atomic E-state index is 0.690. The van der Waals surface area contributed by atoms with Gasteiger partial charge in [0.05, 0.1) is 34.8 Å². The molecule has 0 aromatic carbocycles. The number of nitrogens with zero attached hydrogens (tertiary/aromatic N) is 6. The van der Waals surface area contributed by atoms with Crippen molar-refractivity contribution >= 4 is 33.3 Å². The average Bonchev–Trinajstić information content (AvgIpc) is 3.48. The van der Waals surface area contributed by atoms with Crippen LogP contribution in [0.15, 0.2) is 55.0 Å². The van der Waals surface area contributed by atoms with Crippen molar-refractivity contribution in [1.82, 2.24) is 35.0 Å². The van der Waals surface area contributed by atoms with Gasteiger partial charge in [-0.15, -0.1) is 0 Å². The Hall–Kier alpha value is -3.94. The Bertz CT molecular complexity index is 1400. The van der Waals surface area contributed by atoms with Gasteiger partial charge >= 0.3 is 0 Å². The fraction of sp³-hybridized carbons (Fsp3) is 0.308. The maximum Gasteiger partial charge on any atom is 0.161 e. The smallest absolute Gasteiger partial charge is 0.161 e. The predicted molar refractivity (Wildman–Crippen MR) is 138 cm³/mol. The zero-order valence-corrected chi connectivity index (χ0v) is 20.0. The molecule has 2 N–H and O–H groups in total. The molecule has 0 unspecified atom stereocenters. The van der Waals surface area contributed by atoms with E-state index in [2.05, 4.69) is 43.8 Å². The molecule has 5 rings (SSSR count). The quantitative estimate of drug-likeness (QED) is 0.402. The van der Waals surface area contributed by atoms with Crippen LogP contribution in [-0.2, 0) is 0 Å². The number of imidazole rings is 1. The van der Waals surface area contributed by atoms with Crippen LogP contribution in [-0.4, -0.2) is 62.2 Å². The molecular weight excluding hydrogens is 424 g/mol. The number of H-pyrrole nitrogens is 2. The summed E-state index contributed by atoms with van der Waals surface area (Å²) in [6.45, 7) is 8.02. The number of nitrogens with one attached hydrogen (secondary N) is 2. The van der Waals surface area contributed by atoms with E-state index in [1.165, 1.54) is 19.3 Å². The van der Waals surface area contributed by atoms with Crippen molar-refractivity contribution in [3.05, 3.63) is 60.7 Å². The van der Waals surface area contributed by atoms with Crippen LogP contribution in [0.2, 0.25) is 0 Å². The molecule has 174 valence electrons. The van der Waals surface area contributed by atoms with Gasteiger partial charge in [-0.3, -0.25) is 10.1 Å². The molecule has 1 fully saturated rings. The standard InChI is InChI=1S/C26H30N8/c1-5-17(14-18(6-2)33(3)4)19-10-11-20-24(28-19)25(32-31-20)26-29-21-15-27-16-22(23(21)30-26)34-12-8-7-9-13-34/h5-6,10-11,14-16H,2,7-9,12-13H2,1,3-4H3,(H,29,30)(H,31,32)/b17-5+,18-14+. The Labute approximate surface area is 199 Å². The Morgan fingerprint density at radius 3 is 2.62 bits per heavy atom. The Morgan fingerprint density at radius 1 is 1.06 bits per heavy atom. The lowest BCUT2D eigenvalue weighted by molar-refractivity contribution is 0.530. The summed E-state index contributed by atoms with van der Waals surface area (Å²) in [7, 11) is 4.00. The second kappa shape index (κ2) is 9.13. The molecule has 0 aliphatic carbocycles. The first-order valence-electron chi connectivity index (χ1n) is 11.7. The second-order valence-electron chi connectivity index (χ2n) is 8.76. The van der Waals surface area contributed by atoms with E-state index in [4.69, 9.17) is 9.97 Å². The van der Waals surface area contributed by atoms with Crippen LogP contribution in [0, 0.1) is 0 Å². The monoisotopic (exact) mass is 454 g/mol. The molecule has 34 heavy (non-hydrogen) atoms. The maximum absolute atomic E-state index is 4.97. The molecule has 4 aromatic heterocycles. The van der Waals surface area contributed by atoms with Crippen LogP contribution in [0.4, 0.5) is 5.69 Å². The summed E-state index contributed by atoms with van der Waals surface area (Å²) in [4.78, 5) is 22.2. The van der Waals surface area contributed by atoms with E-state index < -0.39 is 0 Å². The molecule has 1 aliphatic rings. The molecule has 5 heterocycles. The summed E-state index contributed by atoms with van der Waals surface area (Å²) in [5, 5.41) is 7.67. The largest absolute Gasteiger partial charge is 0.378 e. The number of hydrogen-bond acceptors (Lipinski definition) is 6. The summed E-state index contributed by atoms with van der Waals surface area (Å²) in [5.41, 5.74) is 8.15. The van der Waals surface area contributed by atoms with Crippen LogP contribution in [0.1, 0.15) is 31.9 Å². The van der Waals surface area contributed by atoms with Gasteiger partial charge in [-0.1, -0.05) is 12.7 Å². The third kappa shape index (κ3) is 3.96. The number of anilines is 1. The molecule has 0 radical (unpaired) electrons. The number of aromatic amines is 2. The highest BCUT2D eigenvalue weighted by Gasteiger charge is 2.20. The van der Waals surface area contributed by atoms with Gasteiger partial charge in [-0.05, 0) is 56.0 Å². The topological polar surface area (TPSA) is 89.6 Å². The average molecular weight is 455 g/mol. The summed E-state index contributed by atoms with van der Waals surface area (Å²) >= 11 is 0. The highest BCUT2D eigenvalue weighted by molar-refractivity contribution is 5.94. The zero-order chi connectivity index (χ0) is 23.7. The molecule has 0 atom stereocenters. The maximum atomic E-state index is 4.97. The molecule has 0 spiro atoms. The number of allylic oxidation sites excluding steroid dienone is 4. The highest BCUT2D eigenvalue weighted by atomic mass is 15.2. The van der Waals surface area contributed by atoms with Gasteiger partial charge in [-0.2, -0.15) is 5.10 Å². The van der Waals surface area contributed by atoms with Crippen LogP contribution < -0.4 is 4.90 Å². The molecule has 0 amide bonds. The van der Waals surface area contributed by atoms with E-state index in [0.717, 1.165) is 57.8 Å². The van der Waals surface area contributed by atoms with E-state index in [0.29, 0.717) is 11.5 Å². The van der Waals surface area contributed by atoms with Crippen molar-refractivity contribution < 1.29 is 0 Å². The van der Waals surface area contributed by atoms with Gasteiger partial charge in [0.2, 0.25) is 0 Å². The van der Waals surface area contributed by atoms with Crippen molar-refractivity contribution in [3.8, 4) is 11.5 Å². The van der Waals surface area contributed by atoms with E-state index in [1.54, 1.807) is 0 Å². The molecule has 1 aliphatic heterocycles. The van der Waals surface area contributed by atoms with Gasteiger partial charge in [0.25, 0.3) is 0 Å². The van der Waals surface area contributed by atoms with Gasteiger partial charge in [-0.25, -0.2) is 9.97 Å². The number of likely N-dealkylation sites (N-methyl/N-ethyl adjacent to an activating group) is 1. The third-order valence-corrected chi connectivity index (χ3v) is 6.34. The van der Waals surface area contributed by atoms with Crippen LogP contribution in [0.3, 0.4) is 0 Å². The summed E-state index contributed by atoms with van der Waals surface area (Å²) < 4.78 is 0. The van der Waals surface area contributed by atoms with Crippen LogP contribution >= 0.6 is 0 Å². The first-order chi connectivity index (χ1) is 16.6. The number of fused-ring (bicyclic) bond motifs is 2. The Kier molecular flexibility index (Phi) is 5.88. The molecule has 0 saturated carbocycles. The Balaban J connectivity index is 1.58. The first-order valence-corrected chi connectivity index (χ1v) is 11.7. The summed E-state index contributed by atoms with van der Waals surface area (Å²) in [6, 6.07) is 4.02. The zero-order valence-electron chi connectivity index (χ0n) is 20.0. The van der Waals surface area contributed by atoms with E-state index in [-0.39, 0.29) is 0 Å². The molecular formula is C26H30N8. The number of piperidine rings is 1. The third-order valence-electron chi connectivity index (χ3n) is 6.34. The number of aromatic nitrogens is 6. The lowest BCUT2D eigenvalue weighted by Gasteiger charge is -2.28. The normalized spacial score (nSPS) is 15.3. The fourth-order valence-corrected chi connectivity index (χ4v) is 4.46. The molecule has 0 bridgehead atoms. The lowest BCUT2D eigenvalue weighted by Crippen LogP contribution is -2.29. The highest BCUT2D eigenvalue weighted by Crippen LogP contribution is 2.31. The Morgan fingerprint density at radius 2 is 1.88 bits per heavy atom. The van der Waals surface area contributed by atoms with Crippen molar-refractivity contribution in [2.45, 2.75) is 26.2 Å².